The number of amides is 1. The summed E-state index contributed by atoms with van der Waals surface area (Å²) in [4.78, 5) is 16.2. The van der Waals surface area contributed by atoms with Crippen molar-refractivity contribution in [3.63, 3.8) is 0 Å². The van der Waals surface area contributed by atoms with Crippen LogP contribution in [0.5, 0.6) is 0 Å². The summed E-state index contributed by atoms with van der Waals surface area (Å²) >= 11 is 0. The molecule has 2 aromatic rings. The molecule has 0 radical (unpaired) electrons. The van der Waals surface area contributed by atoms with Gasteiger partial charge in [0.25, 0.3) is 5.89 Å². The number of aromatic nitrogens is 2. The average molecular weight is 427 g/mol. The number of hydrogen-bond acceptors (Lipinski definition) is 7. The molecular weight excluding hydrogens is 405 g/mol. The number of nitrogens with zero attached hydrogens (tertiary/aromatic N) is 3. The molecule has 158 valence electrons. The average Bonchev–Trinajstić information content (AvgIpc) is 3.15. The summed E-state index contributed by atoms with van der Waals surface area (Å²) in [7, 11) is -3.67. The van der Waals surface area contributed by atoms with E-state index < -0.39 is 32.7 Å². The van der Waals surface area contributed by atoms with Crippen molar-refractivity contribution in [1.29, 1.82) is 0 Å². The van der Waals surface area contributed by atoms with Gasteiger partial charge in [0.1, 0.15) is 16.8 Å². The Balaban J connectivity index is 1.71. The standard InChI is InChI=1S/C18H22FN3O6S/c1-3-14(27-12-6-8-22(9-7-12)18(23)24)17-20-16(21-28-17)11-4-5-15(13(19)10-11)29(2,25)26/h4-5,10,12,14H,3,6-9H2,1-2H3,(H,23,24). The summed E-state index contributed by atoms with van der Waals surface area (Å²) in [5.41, 5.74) is 0.287. The molecule has 29 heavy (non-hydrogen) atoms. The fraction of sp³-hybridized carbons (Fsp3) is 0.500. The summed E-state index contributed by atoms with van der Waals surface area (Å²) < 4.78 is 48.5. The Labute approximate surface area is 167 Å². The Kier molecular flexibility index (Phi) is 6.18. The van der Waals surface area contributed by atoms with Crippen LogP contribution in [0.2, 0.25) is 0 Å². The van der Waals surface area contributed by atoms with Crippen molar-refractivity contribution in [2.45, 2.75) is 43.3 Å². The summed E-state index contributed by atoms with van der Waals surface area (Å²) in [6.45, 7) is 2.69. The summed E-state index contributed by atoms with van der Waals surface area (Å²) in [5.74, 6) is -0.526. The van der Waals surface area contributed by atoms with Crippen molar-refractivity contribution < 1.29 is 32.0 Å². The van der Waals surface area contributed by atoms with E-state index >= 15 is 0 Å². The largest absolute Gasteiger partial charge is 0.465 e. The second-order valence-corrected chi connectivity index (χ2v) is 8.86. The molecule has 1 aliphatic heterocycles. The second-order valence-electron chi connectivity index (χ2n) is 6.88. The molecular formula is C18H22FN3O6S. The Morgan fingerprint density at radius 3 is 2.66 bits per heavy atom. The lowest BCUT2D eigenvalue weighted by Gasteiger charge is -2.31. The summed E-state index contributed by atoms with van der Waals surface area (Å²) in [6.07, 6.45) is 1.09. The van der Waals surface area contributed by atoms with Crippen LogP contribution in [-0.2, 0) is 14.6 Å². The van der Waals surface area contributed by atoms with Crippen molar-refractivity contribution in [2.75, 3.05) is 19.3 Å². The highest BCUT2D eigenvalue weighted by molar-refractivity contribution is 7.90. The maximum Gasteiger partial charge on any atom is 0.407 e. The monoisotopic (exact) mass is 427 g/mol. The zero-order valence-electron chi connectivity index (χ0n) is 16.0. The number of hydrogen-bond donors (Lipinski definition) is 1. The van der Waals surface area contributed by atoms with E-state index in [1.54, 1.807) is 0 Å². The molecule has 1 amide bonds. The molecule has 1 fully saturated rings. The topological polar surface area (TPSA) is 123 Å². The molecule has 9 nitrogen and oxygen atoms in total. The third-order valence-electron chi connectivity index (χ3n) is 4.75. The Morgan fingerprint density at radius 1 is 1.41 bits per heavy atom. The molecule has 1 aromatic heterocycles. The first-order valence-electron chi connectivity index (χ1n) is 9.16. The van der Waals surface area contributed by atoms with Gasteiger partial charge in [-0.05, 0) is 37.5 Å². The second kappa shape index (κ2) is 8.46. The molecule has 1 unspecified atom stereocenters. The number of carboxylic acid groups (broad SMARTS) is 1. The van der Waals surface area contributed by atoms with Crippen molar-refractivity contribution in [1.82, 2.24) is 15.0 Å². The third kappa shape index (κ3) is 4.91. The number of piperidine rings is 1. The van der Waals surface area contributed by atoms with Gasteiger partial charge in [0, 0.05) is 24.9 Å². The van der Waals surface area contributed by atoms with E-state index in [1.165, 1.54) is 17.0 Å². The Bertz CT molecular complexity index is 985. The van der Waals surface area contributed by atoms with Gasteiger partial charge in [0.2, 0.25) is 5.82 Å². The van der Waals surface area contributed by atoms with Gasteiger partial charge in [0.05, 0.1) is 6.10 Å². The molecule has 1 aromatic carbocycles. The number of carbonyl (C=O) groups is 1. The van der Waals surface area contributed by atoms with Gasteiger partial charge in [-0.2, -0.15) is 4.98 Å². The van der Waals surface area contributed by atoms with Crippen LogP contribution in [0.15, 0.2) is 27.6 Å². The van der Waals surface area contributed by atoms with Gasteiger partial charge in [0.15, 0.2) is 9.84 Å². The van der Waals surface area contributed by atoms with Crippen LogP contribution in [0.4, 0.5) is 9.18 Å². The highest BCUT2D eigenvalue weighted by atomic mass is 32.2. The SMILES string of the molecule is CCC(OC1CCN(C(=O)O)CC1)c1nc(-c2ccc(S(C)(=O)=O)c(F)c2)no1. The summed E-state index contributed by atoms with van der Waals surface area (Å²) in [5, 5.41) is 12.9. The van der Waals surface area contributed by atoms with Crippen LogP contribution in [0, 0.1) is 5.82 Å². The molecule has 0 spiro atoms. The zero-order chi connectivity index (χ0) is 21.2. The maximum absolute atomic E-state index is 14.1. The number of likely N-dealkylation sites (tertiary alicyclic amines) is 1. The van der Waals surface area contributed by atoms with Gasteiger partial charge >= 0.3 is 6.09 Å². The normalized spacial score (nSPS) is 16.7. The fourth-order valence-electron chi connectivity index (χ4n) is 3.17. The van der Waals surface area contributed by atoms with Crippen LogP contribution in [0.3, 0.4) is 0 Å². The number of ether oxygens (including phenoxy) is 1. The molecule has 11 heteroatoms. The number of benzene rings is 1. The number of rotatable bonds is 6. The number of halogens is 1. The van der Waals surface area contributed by atoms with E-state index in [2.05, 4.69) is 10.1 Å². The first-order chi connectivity index (χ1) is 13.7. The smallest absolute Gasteiger partial charge is 0.407 e. The van der Waals surface area contributed by atoms with Gasteiger partial charge in [-0.3, -0.25) is 0 Å². The van der Waals surface area contributed by atoms with E-state index in [1.807, 2.05) is 6.92 Å². The minimum atomic E-state index is -3.67. The van der Waals surface area contributed by atoms with Crippen molar-refractivity contribution in [3.05, 3.63) is 29.9 Å². The molecule has 0 saturated carbocycles. The third-order valence-corrected chi connectivity index (χ3v) is 5.88. The predicted molar refractivity (Wildman–Crippen MR) is 99.5 cm³/mol. The van der Waals surface area contributed by atoms with Crippen molar-refractivity contribution in [3.8, 4) is 11.4 Å². The molecule has 1 atom stereocenters. The van der Waals surface area contributed by atoms with Gasteiger partial charge < -0.3 is 19.3 Å². The highest BCUT2D eigenvalue weighted by Crippen LogP contribution is 2.28. The Morgan fingerprint density at radius 2 is 2.10 bits per heavy atom. The molecule has 3 rings (SSSR count). The highest BCUT2D eigenvalue weighted by Gasteiger charge is 2.28. The lowest BCUT2D eigenvalue weighted by Crippen LogP contribution is -2.40. The van der Waals surface area contributed by atoms with Crippen molar-refractivity contribution >= 4 is 15.9 Å². The van der Waals surface area contributed by atoms with Gasteiger partial charge in [-0.1, -0.05) is 12.1 Å². The van der Waals surface area contributed by atoms with Crippen LogP contribution in [-0.4, -0.2) is 60.1 Å². The van der Waals surface area contributed by atoms with E-state index in [0.29, 0.717) is 32.4 Å². The summed E-state index contributed by atoms with van der Waals surface area (Å²) in [6, 6.07) is 3.63. The lowest BCUT2D eigenvalue weighted by atomic mass is 10.1. The lowest BCUT2D eigenvalue weighted by molar-refractivity contribution is -0.0550. The van der Waals surface area contributed by atoms with Gasteiger partial charge in [-0.15, -0.1) is 0 Å². The van der Waals surface area contributed by atoms with Crippen LogP contribution in [0.25, 0.3) is 11.4 Å². The molecule has 2 heterocycles. The van der Waals surface area contributed by atoms with E-state index in [0.717, 1.165) is 12.3 Å². The predicted octanol–water partition coefficient (Wildman–Crippen LogP) is 2.89. The maximum atomic E-state index is 14.1. The van der Waals surface area contributed by atoms with Crippen LogP contribution < -0.4 is 0 Å². The molecule has 1 N–H and O–H groups in total. The first-order valence-corrected chi connectivity index (χ1v) is 11.0. The van der Waals surface area contributed by atoms with E-state index in [-0.39, 0.29) is 23.4 Å². The molecule has 1 saturated heterocycles. The van der Waals surface area contributed by atoms with Crippen molar-refractivity contribution in [2.24, 2.45) is 0 Å². The van der Waals surface area contributed by atoms with Crippen LogP contribution in [0.1, 0.15) is 38.2 Å². The zero-order valence-corrected chi connectivity index (χ0v) is 16.9. The molecule has 1 aliphatic rings. The minimum Gasteiger partial charge on any atom is -0.465 e. The minimum absolute atomic E-state index is 0.127. The Hall–Kier alpha value is -2.53. The molecule has 0 bridgehead atoms. The first kappa shape index (κ1) is 21.2. The van der Waals surface area contributed by atoms with Gasteiger partial charge in [-0.25, -0.2) is 17.6 Å². The number of sulfone groups is 1. The quantitative estimate of drug-likeness (QED) is 0.746. The fourth-order valence-corrected chi connectivity index (χ4v) is 3.90. The van der Waals surface area contributed by atoms with Crippen LogP contribution >= 0.6 is 0 Å². The van der Waals surface area contributed by atoms with E-state index in [4.69, 9.17) is 14.4 Å². The van der Waals surface area contributed by atoms with E-state index in [9.17, 15) is 17.6 Å². The molecule has 0 aliphatic carbocycles.